The van der Waals surface area contributed by atoms with Gasteiger partial charge in [-0.1, -0.05) is 11.6 Å². The number of benzene rings is 1. The van der Waals surface area contributed by atoms with E-state index < -0.39 is 0 Å². The number of methoxy groups -OCH3 is 1. The zero-order chi connectivity index (χ0) is 14.3. The number of hydrogen-bond acceptors (Lipinski definition) is 4. The molecule has 0 saturated heterocycles. The maximum absolute atomic E-state index is 11.7. The molecule has 0 heterocycles. The van der Waals surface area contributed by atoms with Crippen LogP contribution in [-0.2, 0) is 9.53 Å². The fraction of sp³-hybridized carbons (Fsp3) is 0.385. The minimum Gasteiger partial charge on any atom is -0.383 e. The van der Waals surface area contributed by atoms with E-state index in [4.69, 9.17) is 21.6 Å². The number of halogens is 1. The molecule has 0 aliphatic heterocycles. The molecule has 0 aliphatic carbocycles. The van der Waals surface area contributed by atoms with Gasteiger partial charge < -0.3 is 15.0 Å². The highest BCUT2D eigenvalue weighted by molar-refractivity contribution is 6.30. The molecular formula is C13H16ClN3O2. The van der Waals surface area contributed by atoms with Gasteiger partial charge in [0, 0.05) is 25.7 Å². The van der Waals surface area contributed by atoms with E-state index in [1.54, 1.807) is 37.3 Å². The van der Waals surface area contributed by atoms with Crippen LogP contribution in [0, 0.1) is 11.3 Å². The molecule has 0 saturated carbocycles. The molecular weight excluding hydrogens is 266 g/mol. The van der Waals surface area contributed by atoms with Crippen molar-refractivity contribution in [3.05, 3.63) is 28.8 Å². The molecule has 0 aromatic heterocycles. The van der Waals surface area contributed by atoms with E-state index in [0.717, 1.165) is 0 Å². The number of hydrogen-bond donors (Lipinski definition) is 1. The summed E-state index contributed by atoms with van der Waals surface area (Å²) in [5, 5.41) is 12.3. The highest BCUT2D eigenvalue weighted by Gasteiger charge is 2.11. The van der Waals surface area contributed by atoms with Gasteiger partial charge in [0.05, 0.1) is 24.4 Å². The van der Waals surface area contributed by atoms with Crippen LogP contribution in [0.4, 0.5) is 5.69 Å². The zero-order valence-electron chi connectivity index (χ0n) is 10.9. The molecule has 0 aliphatic rings. The first-order valence-electron chi connectivity index (χ1n) is 5.75. The van der Waals surface area contributed by atoms with Crippen molar-refractivity contribution in [2.75, 3.05) is 38.8 Å². The molecule has 102 valence electrons. The number of nitriles is 1. The molecule has 6 heteroatoms. The topological polar surface area (TPSA) is 65.4 Å². The lowest BCUT2D eigenvalue weighted by molar-refractivity contribution is -0.119. The molecule has 1 amide bonds. The molecule has 1 rings (SSSR count). The number of carbonyl (C=O) groups is 1. The van der Waals surface area contributed by atoms with Crippen molar-refractivity contribution >= 4 is 23.2 Å². The first-order valence-corrected chi connectivity index (χ1v) is 6.12. The van der Waals surface area contributed by atoms with Crippen LogP contribution >= 0.6 is 11.6 Å². The van der Waals surface area contributed by atoms with E-state index in [2.05, 4.69) is 11.4 Å². The number of rotatable bonds is 6. The molecule has 5 nitrogen and oxygen atoms in total. The summed E-state index contributed by atoms with van der Waals surface area (Å²) in [4.78, 5) is 13.3. The van der Waals surface area contributed by atoms with Gasteiger partial charge in [-0.2, -0.15) is 5.26 Å². The lowest BCUT2D eigenvalue weighted by Crippen LogP contribution is -2.36. The van der Waals surface area contributed by atoms with Crippen LogP contribution in [0.1, 0.15) is 5.56 Å². The van der Waals surface area contributed by atoms with Crippen LogP contribution in [0.2, 0.25) is 5.02 Å². The third-order valence-electron chi connectivity index (χ3n) is 2.50. The van der Waals surface area contributed by atoms with Gasteiger partial charge in [-0.3, -0.25) is 4.79 Å². The van der Waals surface area contributed by atoms with Gasteiger partial charge in [0.2, 0.25) is 5.91 Å². The highest BCUT2D eigenvalue weighted by atomic mass is 35.5. The molecule has 1 aromatic rings. The smallest absolute Gasteiger partial charge is 0.239 e. The number of anilines is 1. The second kappa shape index (κ2) is 7.62. The van der Waals surface area contributed by atoms with Crippen molar-refractivity contribution < 1.29 is 9.53 Å². The Hall–Kier alpha value is -1.77. The van der Waals surface area contributed by atoms with Crippen LogP contribution in [0.3, 0.4) is 0 Å². The van der Waals surface area contributed by atoms with E-state index >= 15 is 0 Å². The number of amides is 1. The van der Waals surface area contributed by atoms with Crippen molar-refractivity contribution in [1.82, 2.24) is 5.32 Å². The summed E-state index contributed by atoms with van der Waals surface area (Å²) in [5.74, 6) is -0.136. The molecule has 0 atom stereocenters. The Bertz CT molecular complexity index is 485. The SMILES string of the molecule is COCCNC(=O)CN(C)c1cc(Cl)ccc1C#N. The third-order valence-corrected chi connectivity index (χ3v) is 2.74. The lowest BCUT2D eigenvalue weighted by Gasteiger charge is -2.20. The molecule has 0 radical (unpaired) electrons. The van der Waals surface area contributed by atoms with Crippen molar-refractivity contribution in [1.29, 1.82) is 5.26 Å². The molecule has 0 bridgehead atoms. The van der Waals surface area contributed by atoms with Crippen LogP contribution < -0.4 is 10.2 Å². The fourth-order valence-corrected chi connectivity index (χ4v) is 1.73. The quantitative estimate of drug-likeness (QED) is 0.801. The largest absolute Gasteiger partial charge is 0.383 e. The van der Waals surface area contributed by atoms with Crippen LogP contribution in [0.25, 0.3) is 0 Å². The minimum absolute atomic E-state index is 0.136. The average molecular weight is 282 g/mol. The summed E-state index contributed by atoms with van der Waals surface area (Å²) in [5.41, 5.74) is 1.12. The van der Waals surface area contributed by atoms with Gasteiger partial charge in [-0.15, -0.1) is 0 Å². The predicted molar refractivity (Wildman–Crippen MR) is 74.3 cm³/mol. The summed E-state index contributed by atoms with van der Waals surface area (Å²) in [6.07, 6.45) is 0. The molecule has 19 heavy (non-hydrogen) atoms. The van der Waals surface area contributed by atoms with Gasteiger partial charge in [-0.05, 0) is 18.2 Å². The van der Waals surface area contributed by atoms with Crippen molar-refractivity contribution in [3.8, 4) is 6.07 Å². The number of likely N-dealkylation sites (N-methyl/N-ethyl adjacent to an activating group) is 1. The third kappa shape index (κ3) is 4.78. The highest BCUT2D eigenvalue weighted by Crippen LogP contribution is 2.23. The molecule has 0 spiro atoms. The van der Waals surface area contributed by atoms with Crippen LogP contribution in [0.15, 0.2) is 18.2 Å². The lowest BCUT2D eigenvalue weighted by atomic mass is 10.2. The van der Waals surface area contributed by atoms with E-state index in [0.29, 0.717) is 29.4 Å². The van der Waals surface area contributed by atoms with Crippen molar-refractivity contribution in [2.24, 2.45) is 0 Å². The minimum atomic E-state index is -0.136. The van der Waals surface area contributed by atoms with Crippen molar-refractivity contribution in [2.45, 2.75) is 0 Å². The Labute approximate surface area is 117 Å². The number of ether oxygens (including phenoxy) is 1. The van der Waals surface area contributed by atoms with E-state index in [-0.39, 0.29) is 12.5 Å². The maximum atomic E-state index is 11.7. The first kappa shape index (κ1) is 15.3. The molecule has 0 unspecified atom stereocenters. The van der Waals surface area contributed by atoms with E-state index in [1.165, 1.54) is 0 Å². The van der Waals surface area contributed by atoms with E-state index in [1.807, 2.05) is 0 Å². The Morgan fingerprint density at radius 1 is 1.58 bits per heavy atom. The summed E-state index contributed by atoms with van der Waals surface area (Å²) >= 11 is 5.90. The summed E-state index contributed by atoms with van der Waals surface area (Å²) in [7, 11) is 3.31. The second-order valence-corrected chi connectivity index (χ2v) is 4.41. The summed E-state index contributed by atoms with van der Waals surface area (Å²) in [6.45, 7) is 1.08. The van der Waals surface area contributed by atoms with Crippen molar-refractivity contribution in [3.63, 3.8) is 0 Å². The van der Waals surface area contributed by atoms with Gasteiger partial charge in [0.15, 0.2) is 0 Å². The number of nitrogens with zero attached hydrogens (tertiary/aromatic N) is 2. The average Bonchev–Trinajstić information content (AvgIpc) is 2.39. The van der Waals surface area contributed by atoms with Gasteiger partial charge in [-0.25, -0.2) is 0 Å². The Balaban J connectivity index is 2.67. The maximum Gasteiger partial charge on any atom is 0.239 e. The first-order chi connectivity index (χ1) is 9.08. The van der Waals surface area contributed by atoms with E-state index in [9.17, 15) is 4.79 Å². The number of carbonyl (C=O) groups excluding carboxylic acids is 1. The van der Waals surface area contributed by atoms with Gasteiger partial charge >= 0.3 is 0 Å². The summed E-state index contributed by atoms with van der Waals surface area (Å²) < 4.78 is 4.85. The Morgan fingerprint density at radius 2 is 2.32 bits per heavy atom. The molecule has 1 aromatic carbocycles. The fourth-order valence-electron chi connectivity index (χ4n) is 1.56. The Morgan fingerprint density at radius 3 is 2.95 bits per heavy atom. The second-order valence-electron chi connectivity index (χ2n) is 3.97. The zero-order valence-corrected chi connectivity index (χ0v) is 11.7. The molecule has 1 N–H and O–H groups in total. The standard InChI is InChI=1S/C13H16ClN3O2/c1-17(9-13(18)16-5-6-19-2)12-7-11(14)4-3-10(12)8-15/h3-4,7H,5-6,9H2,1-2H3,(H,16,18). The van der Waals surface area contributed by atoms with Crippen LogP contribution in [0.5, 0.6) is 0 Å². The monoisotopic (exact) mass is 281 g/mol. The predicted octanol–water partition coefficient (Wildman–Crippen LogP) is 1.41. The Kier molecular flexibility index (Phi) is 6.13. The number of nitrogens with one attached hydrogen (secondary N) is 1. The van der Waals surface area contributed by atoms with Gasteiger partial charge in [0.25, 0.3) is 0 Å². The normalized spacial score (nSPS) is 9.79. The summed E-state index contributed by atoms with van der Waals surface area (Å²) in [6, 6.07) is 7.03. The van der Waals surface area contributed by atoms with Gasteiger partial charge in [0.1, 0.15) is 6.07 Å². The van der Waals surface area contributed by atoms with Crippen LogP contribution in [-0.4, -0.2) is 39.8 Å². The molecule has 0 fully saturated rings.